The molecule has 3 aliphatic rings. The number of benzene rings is 9. The van der Waals surface area contributed by atoms with Crippen molar-refractivity contribution in [3.05, 3.63) is 275 Å². The lowest BCUT2D eigenvalue weighted by molar-refractivity contribution is -0.0470. The molecule has 0 saturated heterocycles. The quantitative estimate of drug-likeness (QED) is 0.0928. The second-order valence-electron chi connectivity index (χ2n) is 17.0. The lowest BCUT2D eigenvalue weighted by Gasteiger charge is -2.28. The number of aromatic carboxylic acids is 1. The number of carboxylic acids is 1. The van der Waals surface area contributed by atoms with E-state index in [2.05, 4.69) is 0 Å². The monoisotopic (exact) mass is 936 g/mol. The summed E-state index contributed by atoms with van der Waals surface area (Å²) in [6, 6.07) is 68.1. The molecule has 0 atom stereocenters. The van der Waals surface area contributed by atoms with Crippen LogP contribution in [0, 0.1) is 0 Å². The molecule has 12 rings (SSSR count). The molecule has 11 heteroatoms. The predicted molar refractivity (Wildman–Crippen MR) is 260 cm³/mol. The molecule has 0 aliphatic carbocycles. The lowest BCUT2D eigenvalue weighted by atomic mass is 9.97. The van der Waals surface area contributed by atoms with Gasteiger partial charge in [-0.15, -0.1) is 0 Å². The molecule has 3 heterocycles. The van der Waals surface area contributed by atoms with Crippen molar-refractivity contribution in [3.63, 3.8) is 0 Å². The normalized spacial score (nSPS) is 14.9. The zero-order valence-corrected chi connectivity index (χ0v) is 37.6. The number of carbonyl (C=O) groups excluding carboxylic acids is 1. The van der Waals surface area contributed by atoms with Crippen LogP contribution in [0.5, 0.6) is 46.0 Å². The van der Waals surface area contributed by atoms with Crippen LogP contribution in [0.2, 0.25) is 0 Å². The van der Waals surface area contributed by atoms with Crippen LogP contribution in [0.15, 0.2) is 224 Å². The van der Waals surface area contributed by atoms with Gasteiger partial charge in [-0.05, 0) is 42.0 Å². The summed E-state index contributed by atoms with van der Waals surface area (Å²) in [5, 5.41) is 10.3. The van der Waals surface area contributed by atoms with E-state index in [-0.39, 0.29) is 52.2 Å². The van der Waals surface area contributed by atoms with Gasteiger partial charge in [0.1, 0.15) is 6.61 Å². The van der Waals surface area contributed by atoms with Crippen molar-refractivity contribution in [3.8, 4) is 46.0 Å². The third-order valence-corrected chi connectivity index (χ3v) is 12.6. The van der Waals surface area contributed by atoms with Crippen molar-refractivity contribution in [1.29, 1.82) is 0 Å². The maximum absolute atomic E-state index is 14.7. The van der Waals surface area contributed by atoms with Crippen molar-refractivity contribution in [2.45, 2.75) is 24.0 Å². The van der Waals surface area contributed by atoms with Gasteiger partial charge in [0.2, 0.25) is 11.5 Å². The highest BCUT2D eigenvalue weighted by molar-refractivity contribution is 5.95. The average Bonchev–Trinajstić information content (AvgIpc) is 4.16. The Balaban J connectivity index is 0.913. The number of ether oxygens (including phenoxy) is 8. The number of hydrogen-bond donors (Lipinski definition) is 1. The van der Waals surface area contributed by atoms with Gasteiger partial charge < -0.3 is 43.0 Å². The largest absolute Gasteiger partial charge is 0.485 e. The maximum Gasteiger partial charge on any atom is 0.343 e. The highest BCUT2D eigenvalue weighted by Crippen LogP contribution is 2.55. The summed E-state index contributed by atoms with van der Waals surface area (Å²) in [5.74, 6) is -4.80. The van der Waals surface area contributed by atoms with Crippen molar-refractivity contribution >= 4 is 11.9 Å². The van der Waals surface area contributed by atoms with Crippen LogP contribution in [-0.2, 0) is 24.0 Å². The molecule has 9 aromatic carbocycles. The zero-order chi connectivity index (χ0) is 48.0. The van der Waals surface area contributed by atoms with Gasteiger partial charge in [0.05, 0.1) is 11.1 Å². The number of esters is 1. The van der Waals surface area contributed by atoms with Crippen LogP contribution in [-0.4, -0.2) is 17.0 Å². The van der Waals surface area contributed by atoms with Crippen molar-refractivity contribution in [2.75, 3.05) is 0 Å². The Labute approximate surface area is 407 Å². The molecule has 0 spiro atoms. The topological polar surface area (TPSA) is 128 Å². The highest BCUT2D eigenvalue weighted by atomic mass is 16.8. The first-order chi connectivity index (χ1) is 34.8. The second-order valence-corrected chi connectivity index (χ2v) is 17.0. The van der Waals surface area contributed by atoms with Gasteiger partial charge in [-0.25, -0.2) is 9.59 Å². The van der Waals surface area contributed by atoms with E-state index in [0.29, 0.717) is 33.8 Å². The molecule has 0 aromatic heterocycles. The Morgan fingerprint density at radius 1 is 0.380 bits per heavy atom. The minimum atomic E-state index is -1.54. The van der Waals surface area contributed by atoms with E-state index in [1.54, 1.807) is 0 Å². The Kier molecular flexibility index (Phi) is 10.4. The van der Waals surface area contributed by atoms with Gasteiger partial charge in [-0.3, -0.25) is 0 Å². The van der Waals surface area contributed by atoms with E-state index in [9.17, 15) is 14.7 Å². The third kappa shape index (κ3) is 7.47. The predicted octanol–water partition coefficient (Wildman–Crippen LogP) is 12.2. The molecule has 0 radical (unpaired) electrons. The van der Waals surface area contributed by atoms with E-state index < -0.39 is 29.3 Å². The van der Waals surface area contributed by atoms with Gasteiger partial charge in [-0.1, -0.05) is 188 Å². The summed E-state index contributed by atoms with van der Waals surface area (Å²) in [4.78, 5) is 27.3. The fraction of sp³-hybridized carbons (Fsp3) is 0.0667. The van der Waals surface area contributed by atoms with E-state index in [1.807, 2.05) is 200 Å². The maximum atomic E-state index is 14.7. The van der Waals surface area contributed by atoms with E-state index in [4.69, 9.17) is 37.9 Å². The molecule has 0 unspecified atom stereocenters. The van der Waals surface area contributed by atoms with E-state index >= 15 is 0 Å². The smallest absolute Gasteiger partial charge is 0.343 e. The Hall–Kier alpha value is -9.48. The molecule has 0 bridgehead atoms. The lowest BCUT2D eigenvalue weighted by Crippen LogP contribution is -2.36. The summed E-state index contributed by atoms with van der Waals surface area (Å²) in [6.45, 7) is -0.00130. The molecular weight excluding hydrogens is 897 g/mol. The Morgan fingerprint density at radius 2 is 0.746 bits per heavy atom. The first-order valence-electron chi connectivity index (χ1n) is 22.8. The van der Waals surface area contributed by atoms with Crippen LogP contribution in [0.3, 0.4) is 0 Å². The minimum absolute atomic E-state index is 0.00130. The van der Waals surface area contributed by atoms with E-state index in [1.165, 1.54) is 24.3 Å². The van der Waals surface area contributed by atoms with Gasteiger partial charge in [0.15, 0.2) is 34.5 Å². The summed E-state index contributed by atoms with van der Waals surface area (Å²) in [6.07, 6.45) is 0. The van der Waals surface area contributed by atoms with Crippen LogP contribution in [0.25, 0.3) is 0 Å². The number of rotatable bonds is 12. The molecule has 0 saturated carbocycles. The summed E-state index contributed by atoms with van der Waals surface area (Å²) >= 11 is 0. The molecule has 11 nitrogen and oxygen atoms in total. The first-order valence-corrected chi connectivity index (χ1v) is 22.8. The number of fused-ring (bicyclic) bond motifs is 3. The molecule has 1 N–H and O–H groups in total. The zero-order valence-electron chi connectivity index (χ0n) is 37.6. The number of carbonyl (C=O) groups is 2. The fourth-order valence-electron chi connectivity index (χ4n) is 9.18. The molecule has 0 amide bonds. The average molecular weight is 937 g/mol. The van der Waals surface area contributed by atoms with Crippen molar-refractivity contribution in [2.24, 2.45) is 0 Å². The van der Waals surface area contributed by atoms with Gasteiger partial charge >= 0.3 is 29.3 Å². The molecule has 0 fully saturated rings. The van der Waals surface area contributed by atoms with Crippen LogP contribution in [0.1, 0.15) is 59.7 Å². The fourth-order valence-corrected chi connectivity index (χ4v) is 9.18. The summed E-state index contributed by atoms with van der Waals surface area (Å²) < 4.78 is 53.2. The van der Waals surface area contributed by atoms with Gasteiger partial charge in [0, 0.05) is 33.4 Å². The number of carboxylic acid groups (broad SMARTS) is 1. The molecule has 71 heavy (non-hydrogen) atoms. The number of hydrogen-bond acceptors (Lipinski definition) is 10. The first kappa shape index (κ1) is 42.8. The highest BCUT2D eigenvalue weighted by Gasteiger charge is 2.50. The summed E-state index contributed by atoms with van der Waals surface area (Å²) in [5.41, 5.74) is 4.81. The molecule has 346 valence electrons. The van der Waals surface area contributed by atoms with E-state index in [0.717, 1.165) is 16.7 Å². The second kappa shape index (κ2) is 17.2. The molecule has 9 aromatic rings. The van der Waals surface area contributed by atoms with Gasteiger partial charge in [-0.2, -0.15) is 0 Å². The van der Waals surface area contributed by atoms with Crippen molar-refractivity contribution in [1.82, 2.24) is 0 Å². The Bertz CT molecular complexity index is 3320. The van der Waals surface area contributed by atoms with Crippen LogP contribution < -0.4 is 37.9 Å². The van der Waals surface area contributed by atoms with Crippen molar-refractivity contribution < 1.29 is 52.6 Å². The standard InChI is InChI=1S/C60H40O11/c61-56(62)40-34-51(55-52(35-40)68-60(71-55,46-27-15-5-16-28-46)47-29-17-6-18-30-47)65-57(63)41-36-50(54-53(37-41)69-59(70-54,44-23-11-3-12-24-44)45-25-13-4-14-26-45)64-38-39-31-32-48-49(33-39)67-58(66-48,42-19-7-1-8-20-42)43-21-9-2-10-22-43/h1-37H,38H2,(H,61,62). The Morgan fingerprint density at radius 3 is 1.18 bits per heavy atom. The van der Waals surface area contributed by atoms with Gasteiger partial charge in [0.25, 0.3) is 0 Å². The molecular formula is C60H40O11. The minimum Gasteiger partial charge on any atom is -0.485 e. The summed E-state index contributed by atoms with van der Waals surface area (Å²) in [7, 11) is 0. The third-order valence-electron chi connectivity index (χ3n) is 12.6. The molecule has 3 aliphatic heterocycles. The van der Waals surface area contributed by atoms with Crippen LogP contribution in [0.4, 0.5) is 0 Å². The van der Waals surface area contributed by atoms with Crippen LogP contribution >= 0.6 is 0 Å². The SMILES string of the molecule is O=C(O)c1cc(OC(=O)c2cc(OCc3ccc4c(c3)OC(c3ccccc3)(c3ccccc3)O4)c3c(c2)OC(c2ccccc2)(c2ccccc2)O3)c2c(c1)OC(c1ccccc1)(c1ccccc1)O2.